The summed E-state index contributed by atoms with van der Waals surface area (Å²) in [6, 6.07) is 2.43. The number of aromatic nitrogens is 1. The van der Waals surface area contributed by atoms with Crippen molar-refractivity contribution < 1.29 is 0 Å². The summed E-state index contributed by atoms with van der Waals surface area (Å²) in [5, 5.41) is 3.51. The van der Waals surface area contributed by atoms with Crippen LogP contribution in [0, 0.1) is 0 Å². The molecular formula is C12H16Br2N2O. The Bertz CT molecular complexity index is 439. The van der Waals surface area contributed by atoms with Crippen molar-refractivity contribution in [2.75, 3.05) is 6.54 Å². The summed E-state index contributed by atoms with van der Waals surface area (Å²) in [5.41, 5.74) is 0.0291. The third kappa shape index (κ3) is 3.66. The second-order valence-corrected chi connectivity index (χ2v) is 6.21. The first-order chi connectivity index (χ1) is 8.16. The summed E-state index contributed by atoms with van der Waals surface area (Å²) in [4.78, 5) is 11.8. The Morgan fingerprint density at radius 2 is 2.06 bits per heavy atom. The fourth-order valence-corrected chi connectivity index (χ4v) is 3.51. The maximum absolute atomic E-state index is 11.8. The van der Waals surface area contributed by atoms with Crippen LogP contribution in [0.5, 0.6) is 0 Å². The van der Waals surface area contributed by atoms with Crippen molar-refractivity contribution in [2.45, 2.75) is 38.3 Å². The molecule has 1 saturated carbocycles. The maximum Gasteiger partial charge on any atom is 0.264 e. The Morgan fingerprint density at radius 3 is 2.76 bits per heavy atom. The first kappa shape index (κ1) is 13.3. The lowest BCUT2D eigenvalue weighted by molar-refractivity contribution is 0.492. The van der Waals surface area contributed by atoms with Crippen LogP contribution in [0.15, 0.2) is 26.0 Å². The summed E-state index contributed by atoms with van der Waals surface area (Å²) < 4.78 is 3.26. The van der Waals surface area contributed by atoms with Crippen LogP contribution < -0.4 is 10.9 Å². The predicted octanol–water partition coefficient (Wildman–Crippen LogP) is 2.91. The average molecular weight is 364 g/mol. The molecule has 1 heterocycles. The highest BCUT2D eigenvalue weighted by Crippen LogP contribution is 2.17. The van der Waals surface area contributed by atoms with Crippen molar-refractivity contribution in [3.05, 3.63) is 31.6 Å². The van der Waals surface area contributed by atoms with Crippen molar-refractivity contribution in [2.24, 2.45) is 0 Å². The van der Waals surface area contributed by atoms with Gasteiger partial charge in [0.15, 0.2) is 0 Å². The second-order valence-electron chi connectivity index (χ2n) is 4.44. The zero-order valence-corrected chi connectivity index (χ0v) is 12.8. The summed E-state index contributed by atoms with van der Waals surface area (Å²) in [5.74, 6) is 0. The van der Waals surface area contributed by atoms with E-state index in [1.54, 1.807) is 10.6 Å². The van der Waals surface area contributed by atoms with E-state index in [4.69, 9.17) is 0 Å². The van der Waals surface area contributed by atoms with Gasteiger partial charge in [-0.15, -0.1) is 0 Å². The number of halogens is 2. The number of nitrogens with one attached hydrogen (secondary N) is 1. The van der Waals surface area contributed by atoms with Crippen LogP contribution in [-0.4, -0.2) is 17.2 Å². The normalized spacial score (nSPS) is 16.6. The van der Waals surface area contributed by atoms with Crippen LogP contribution in [0.25, 0.3) is 0 Å². The van der Waals surface area contributed by atoms with Crippen LogP contribution >= 0.6 is 31.9 Å². The number of pyridine rings is 1. The molecule has 17 heavy (non-hydrogen) atoms. The summed E-state index contributed by atoms with van der Waals surface area (Å²) >= 11 is 6.67. The van der Waals surface area contributed by atoms with Crippen molar-refractivity contribution >= 4 is 31.9 Å². The number of rotatable bonds is 4. The van der Waals surface area contributed by atoms with Gasteiger partial charge in [0.2, 0.25) is 0 Å². The van der Waals surface area contributed by atoms with Gasteiger partial charge in [0, 0.05) is 29.8 Å². The Balaban J connectivity index is 1.92. The van der Waals surface area contributed by atoms with Gasteiger partial charge in [-0.25, -0.2) is 0 Å². The van der Waals surface area contributed by atoms with Gasteiger partial charge < -0.3 is 9.88 Å². The number of hydrogen-bond acceptors (Lipinski definition) is 2. The third-order valence-electron chi connectivity index (χ3n) is 3.15. The maximum atomic E-state index is 11.8. The minimum Gasteiger partial charge on any atom is -0.312 e. The van der Waals surface area contributed by atoms with Gasteiger partial charge >= 0.3 is 0 Å². The Morgan fingerprint density at radius 1 is 1.35 bits per heavy atom. The van der Waals surface area contributed by atoms with Crippen molar-refractivity contribution in [3.8, 4) is 0 Å². The second kappa shape index (κ2) is 6.16. The monoisotopic (exact) mass is 362 g/mol. The lowest BCUT2D eigenvalue weighted by Crippen LogP contribution is -2.32. The van der Waals surface area contributed by atoms with Crippen molar-refractivity contribution in [1.29, 1.82) is 0 Å². The molecule has 1 N–H and O–H groups in total. The lowest BCUT2D eigenvalue weighted by atomic mass is 10.2. The SMILES string of the molecule is O=c1c(Br)cc(Br)cn1CCNC1CCCC1. The van der Waals surface area contributed by atoms with Gasteiger partial charge in [0.1, 0.15) is 0 Å². The highest BCUT2D eigenvalue weighted by molar-refractivity contribution is 9.11. The molecule has 94 valence electrons. The van der Waals surface area contributed by atoms with Crippen LogP contribution in [0.2, 0.25) is 0 Å². The summed E-state index contributed by atoms with van der Waals surface area (Å²) in [6.45, 7) is 1.57. The minimum atomic E-state index is 0.0291. The molecule has 1 aromatic rings. The van der Waals surface area contributed by atoms with E-state index in [1.807, 2.05) is 6.20 Å². The molecule has 0 atom stereocenters. The molecule has 5 heteroatoms. The van der Waals surface area contributed by atoms with Gasteiger partial charge in [-0.3, -0.25) is 4.79 Å². The molecule has 0 bridgehead atoms. The van der Waals surface area contributed by atoms with Crippen LogP contribution in [0.1, 0.15) is 25.7 Å². The minimum absolute atomic E-state index is 0.0291. The smallest absolute Gasteiger partial charge is 0.264 e. The molecule has 0 aliphatic heterocycles. The van der Waals surface area contributed by atoms with Crippen molar-refractivity contribution in [3.63, 3.8) is 0 Å². The molecule has 3 nitrogen and oxygen atoms in total. The molecule has 0 radical (unpaired) electrons. The molecule has 0 spiro atoms. The molecule has 1 aliphatic carbocycles. The molecule has 0 aromatic carbocycles. The average Bonchev–Trinajstić information content (AvgIpc) is 2.78. The van der Waals surface area contributed by atoms with Gasteiger partial charge in [-0.1, -0.05) is 12.8 Å². The molecule has 0 unspecified atom stereocenters. The van der Waals surface area contributed by atoms with Crippen LogP contribution in [-0.2, 0) is 6.54 Å². The highest BCUT2D eigenvalue weighted by atomic mass is 79.9. The number of hydrogen-bond donors (Lipinski definition) is 1. The molecule has 2 rings (SSSR count). The van der Waals surface area contributed by atoms with Crippen molar-refractivity contribution in [1.82, 2.24) is 9.88 Å². The van der Waals surface area contributed by atoms with Gasteiger partial charge in [-0.2, -0.15) is 0 Å². The van der Waals surface area contributed by atoms with Gasteiger partial charge in [0.05, 0.1) is 4.47 Å². The fourth-order valence-electron chi connectivity index (χ4n) is 2.25. The van der Waals surface area contributed by atoms with Crippen LogP contribution in [0.3, 0.4) is 0 Å². The molecule has 1 aromatic heterocycles. The molecular weight excluding hydrogens is 348 g/mol. The quantitative estimate of drug-likeness (QED) is 0.892. The van der Waals surface area contributed by atoms with E-state index in [0.717, 1.165) is 11.0 Å². The van der Waals surface area contributed by atoms with Gasteiger partial charge in [-0.05, 0) is 50.8 Å². The Kier molecular flexibility index (Phi) is 4.82. The van der Waals surface area contributed by atoms with Crippen LogP contribution in [0.4, 0.5) is 0 Å². The topological polar surface area (TPSA) is 34.0 Å². The van der Waals surface area contributed by atoms with E-state index >= 15 is 0 Å². The van der Waals surface area contributed by atoms with E-state index in [-0.39, 0.29) is 5.56 Å². The van der Waals surface area contributed by atoms with Gasteiger partial charge in [0.25, 0.3) is 5.56 Å². The molecule has 1 aliphatic rings. The Hall–Kier alpha value is -0.130. The fraction of sp³-hybridized carbons (Fsp3) is 0.583. The standard InChI is InChI=1S/C12H16Br2N2O/c13-9-7-11(14)12(17)16(8-9)6-5-15-10-3-1-2-4-10/h7-8,10,15H,1-6H2. The third-order valence-corrected chi connectivity index (χ3v) is 4.15. The zero-order chi connectivity index (χ0) is 12.3. The Labute approximate surface area is 118 Å². The first-order valence-corrected chi connectivity index (χ1v) is 7.54. The summed E-state index contributed by atoms with van der Waals surface area (Å²) in [7, 11) is 0. The van der Waals surface area contributed by atoms with E-state index in [9.17, 15) is 4.79 Å². The van der Waals surface area contributed by atoms with E-state index < -0.39 is 0 Å². The number of nitrogens with zero attached hydrogens (tertiary/aromatic N) is 1. The summed E-state index contributed by atoms with van der Waals surface area (Å²) in [6.07, 6.45) is 7.05. The zero-order valence-electron chi connectivity index (χ0n) is 9.59. The molecule has 0 saturated heterocycles. The van der Waals surface area contributed by atoms with E-state index in [0.29, 0.717) is 17.1 Å². The highest BCUT2D eigenvalue weighted by Gasteiger charge is 2.13. The molecule has 0 amide bonds. The van der Waals surface area contributed by atoms with E-state index in [1.165, 1.54) is 25.7 Å². The largest absolute Gasteiger partial charge is 0.312 e. The molecule has 1 fully saturated rings. The predicted molar refractivity (Wildman–Crippen MR) is 76.4 cm³/mol. The van der Waals surface area contributed by atoms with E-state index in [2.05, 4.69) is 37.2 Å². The first-order valence-electron chi connectivity index (χ1n) is 5.95. The lowest BCUT2D eigenvalue weighted by Gasteiger charge is -2.13.